The summed E-state index contributed by atoms with van der Waals surface area (Å²) in [6, 6.07) is 3.27. The number of likely N-dealkylation sites (N-methyl/N-ethyl adjacent to an activating group) is 1. The molecule has 96 valence electrons. The van der Waals surface area contributed by atoms with Gasteiger partial charge in [-0.3, -0.25) is 4.90 Å². The van der Waals surface area contributed by atoms with Crippen molar-refractivity contribution < 1.29 is 8.78 Å². The predicted octanol–water partition coefficient (Wildman–Crippen LogP) is 2.70. The Bertz CT molecular complexity index is 355. The second-order valence-electron chi connectivity index (χ2n) is 4.05. The van der Waals surface area contributed by atoms with Crippen molar-refractivity contribution in [3.63, 3.8) is 0 Å². The third-order valence-corrected chi connectivity index (χ3v) is 2.90. The Kier molecular flexibility index (Phi) is 5.51. The van der Waals surface area contributed by atoms with Crippen molar-refractivity contribution in [2.75, 3.05) is 19.6 Å². The molecule has 0 bridgehead atoms. The number of halogens is 2. The molecule has 0 spiro atoms. The van der Waals surface area contributed by atoms with E-state index in [1.165, 1.54) is 6.07 Å². The normalized spacial score (nSPS) is 13.1. The predicted molar refractivity (Wildman–Crippen MR) is 65.7 cm³/mol. The fourth-order valence-corrected chi connectivity index (χ4v) is 2.06. The first-order valence-electron chi connectivity index (χ1n) is 6.03. The van der Waals surface area contributed by atoms with Crippen LogP contribution in [0, 0.1) is 11.6 Å². The van der Waals surface area contributed by atoms with E-state index in [0.717, 1.165) is 31.6 Å². The summed E-state index contributed by atoms with van der Waals surface area (Å²) in [7, 11) is 0. The molecule has 1 aromatic carbocycles. The van der Waals surface area contributed by atoms with Crippen LogP contribution in [-0.2, 0) is 0 Å². The molecule has 0 radical (unpaired) electrons. The van der Waals surface area contributed by atoms with Gasteiger partial charge in [-0.25, -0.2) is 8.78 Å². The first-order chi connectivity index (χ1) is 8.13. The van der Waals surface area contributed by atoms with Crippen LogP contribution in [0.2, 0.25) is 0 Å². The Hall–Kier alpha value is -1.00. The molecule has 2 N–H and O–H groups in total. The van der Waals surface area contributed by atoms with E-state index in [-0.39, 0.29) is 12.6 Å². The second kappa shape index (κ2) is 6.67. The van der Waals surface area contributed by atoms with Crippen LogP contribution in [0.1, 0.15) is 31.9 Å². The molecule has 0 heterocycles. The fourth-order valence-electron chi connectivity index (χ4n) is 2.06. The number of nitrogens with zero attached hydrogens (tertiary/aromatic N) is 1. The highest BCUT2D eigenvalue weighted by atomic mass is 19.1. The molecule has 0 saturated carbocycles. The van der Waals surface area contributed by atoms with Crippen LogP contribution in [0.3, 0.4) is 0 Å². The number of rotatable bonds is 6. The van der Waals surface area contributed by atoms with E-state index in [1.54, 1.807) is 0 Å². The minimum atomic E-state index is -0.424. The zero-order valence-corrected chi connectivity index (χ0v) is 10.4. The Morgan fingerprint density at radius 2 is 2.00 bits per heavy atom. The van der Waals surface area contributed by atoms with Gasteiger partial charge in [-0.15, -0.1) is 0 Å². The summed E-state index contributed by atoms with van der Waals surface area (Å²) < 4.78 is 26.9. The smallest absolute Gasteiger partial charge is 0.128 e. The monoisotopic (exact) mass is 242 g/mol. The van der Waals surface area contributed by atoms with Gasteiger partial charge in [0.25, 0.3) is 0 Å². The van der Waals surface area contributed by atoms with E-state index in [0.29, 0.717) is 5.56 Å². The maximum Gasteiger partial charge on any atom is 0.128 e. The first kappa shape index (κ1) is 14.1. The van der Waals surface area contributed by atoms with Gasteiger partial charge in [0, 0.05) is 18.2 Å². The lowest BCUT2D eigenvalue weighted by atomic mass is 10.0. The molecule has 1 rings (SSSR count). The highest BCUT2D eigenvalue weighted by Crippen LogP contribution is 2.23. The van der Waals surface area contributed by atoms with Crippen molar-refractivity contribution in [1.82, 2.24) is 4.90 Å². The summed E-state index contributed by atoms with van der Waals surface area (Å²) in [6.45, 7) is 5.93. The minimum absolute atomic E-state index is 0.254. The van der Waals surface area contributed by atoms with E-state index < -0.39 is 11.6 Å². The topological polar surface area (TPSA) is 29.3 Å². The molecule has 1 unspecified atom stereocenters. The van der Waals surface area contributed by atoms with Crippen molar-refractivity contribution in [2.45, 2.75) is 26.3 Å². The summed E-state index contributed by atoms with van der Waals surface area (Å²) in [5.74, 6) is -0.816. The van der Waals surface area contributed by atoms with Gasteiger partial charge >= 0.3 is 0 Å². The Morgan fingerprint density at radius 1 is 1.29 bits per heavy atom. The molecular weight excluding hydrogens is 222 g/mol. The SMILES string of the molecule is CCCN(CC)C(CN)c1cc(F)ccc1F. The largest absolute Gasteiger partial charge is 0.329 e. The van der Waals surface area contributed by atoms with Crippen LogP contribution in [0.4, 0.5) is 8.78 Å². The second-order valence-corrected chi connectivity index (χ2v) is 4.05. The third kappa shape index (κ3) is 3.48. The molecule has 2 nitrogen and oxygen atoms in total. The summed E-state index contributed by atoms with van der Waals surface area (Å²) in [5, 5.41) is 0. The van der Waals surface area contributed by atoms with Crippen LogP contribution in [0.25, 0.3) is 0 Å². The van der Waals surface area contributed by atoms with Crippen LogP contribution in [-0.4, -0.2) is 24.5 Å². The van der Waals surface area contributed by atoms with Crippen LogP contribution in [0.15, 0.2) is 18.2 Å². The maximum atomic E-state index is 13.7. The van der Waals surface area contributed by atoms with Crippen LogP contribution >= 0.6 is 0 Å². The van der Waals surface area contributed by atoms with Gasteiger partial charge in [0.15, 0.2) is 0 Å². The van der Waals surface area contributed by atoms with E-state index in [1.807, 2.05) is 6.92 Å². The van der Waals surface area contributed by atoms with Gasteiger partial charge in [0.05, 0.1) is 0 Å². The van der Waals surface area contributed by atoms with E-state index in [4.69, 9.17) is 5.73 Å². The lowest BCUT2D eigenvalue weighted by Crippen LogP contribution is -2.34. The van der Waals surface area contributed by atoms with Crippen molar-refractivity contribution in [1.29, 1.82) is 0 Å². The molecule has 0 amide bonds. The number of hydrogen-bond donors (Lipinski definition) is 1. The fraction of sp³-hybridized carbons (Fsp3) is 0.538. The zero-order valence-electron chi connectivity index (χ0n) is 10.4. The van der Waals surface area contributed by atoms with Crippen LogP contribution in [0.5, 0.6) is 0 Å². The molecule has 0 saturated heterocycles. The number of benzene rings is 1. The molecule has 4 heteroatoms. The van der Waals surface area contributed by atoms with Crippen molar-refractivity contribution in [3.8, 4) is 0 Å². The summed E-state index contributed by atoms with van der Waals surface area (Å²) in [4.78, 5) is 2.07. The Labute approximate surface area is 101 Å². The Morgan fingerprint density at radius 3 is 2.53 bits per heavy atom. The number of nitrogens with two attached hydrogens (primary N) is 1. The summed E-state index contributed by atoms with van der Waals surface area (Å²) in [5.41, 5.74) is 6.05. The van der Waals surface area contributed by atoms with Gasteiger partial charge < -0.3 is 5.73 Å². The molecule has 0 aliphatic rings. The first-order valence-corrected chi connectivity index (χ1v) is 6.03. The molecule has 0 aromatic heterocycles. The highest BCUT2D eigenvalue weighted by molar-refractivity contribution is 5.22. The molecule has 0 aliphatic carbocycles. The standard InChI is InChI=1S/C13H20F2N2/c1-3-7-17(4-2)13(9-16)11-8-10(14)5-6-12(11)15/h5-6,8,13H,3-4,7,9,16H2,1-2H3. The number of hydrogen-bond acceptors (Lipinski definition) is 2. The molecular formula is C13H20F2N2. The summed E-state index contributed by atoms with van der Waals surface area (Å²) in [6.07, 6.45) is 0.960. The highest BCUT2D eigenvalue weighted by Gasteiger charge is 2.20. The van der Waals surface area contributed by atoms with Crippen LogP contribution < -0.4 is 5.73 Å². The minimum Gasteiger partial charge on any atom is -0.329 e. The average Bonchev–Trinajstić information content (AvgIpc) is 2.33. The molecule has 0 fully saturated rings. The maximum absolute atomic E-state index is 13.7. The quantitative estimate of drug-likeness (QED) is 0.831. The lowest BCUT2D eigenvalue weighted by molar-refractivity contribution is 0.208. The molecule has 1 aromatic rings. The molecule has 1 atom stereocenters. The Balaban J connectivity index is 3.02. The molecule has 0 aliphatic heterocycles. The van der Waals surface area contributed by atoms with E-state index >= 15 is 0 Å². The zero-order chi connectivity index (χ0) is 12.8. The van der Waals surface area contributed by atoms with Gasteiger partial charge in [0.1, 0.15) is 11.6 Å². The average molecular weight is 242 g/mol. The van der Waals surface area contributed by atoms with Crippen molar-refractivity contribution >= 4 is 0 Å². The third-order valence-electron chi connectivity index (χ3n) is 2.90. The van der Waals surface area contributed by atoms with Gasteiger partial charge in [-0.1, -0.05) is 13.8 Å². The van der Waals surface area contributed by atoms with E-state index in [2.05, 4.69) is 11.8 Å². The van der Waals surface area contributed by atoms with Gasteiger partial charge in [-0.2, -0.15) is 0 Å². The van der Waals surface area contributed by atoms with Gasteiger partial charge in [0.2, 0.25) is 0 Å². The van der Waals surface area contributed by atoms with E-state index in [9.17, 15) is 8.78 Å². The summed E-state index contributed by atoms with van der Waals surface area (Å²) >= 11 is 0. The lowest BCUT2D eigenvalue weighted by Gasteiger charge is -2.30. The molecule has 17 heavy (non-hydrogen) atoms. The van der Waals surface area contributed by atoms with Crippen molar-refractivity contribution in [2.24, 2.45) is 5.73 Å². The van der Waals surface area contributed by atoms with Gasteiger partial charge in [-0.05, 0) is 37.7 Å². The van der Waals surface area contributed by atoms with Crippen molar-refractivity contribution in [3.05, 3.63) is 35.4 Å².